The molecule has 4 nitrogen and oxygen atoms in total. The van der Waals surface area contributed by atoms with E-state index in [2.05, 4.69) is 13.8 Å². The summed E-state index contributed by atoms with van der Waals surface area (Å²) >= 11 is 0. The molecule has 0 fully saturated rings. The lowest BCUT2D eigenvalue weighted by molar-refractivity contribution is -0.148. The molecular formula is C39H76O4. The van der Waals surface area contributed by atoms with Crippen LogP contribution in [0.2, 0.25) is 0 Å². The summed E-state index contributed by atoms with van der Waals surface area (Å²) in [5, 5.41) is 0. The van der Waals surface area contributed by atoms with E-state index >= 15 is 0 Å². The lowest BCUT2D eigenvalue weighted by Gasteiger charge is -2.13. The Kier molecular flexibility index (Phi) is 34.5. The minimum absolute atomic E-state index is 0.0466. The third kappa shape index (κ3) is 35.3. The van der Waals surface area contributed by atoms with Crippen LogP contribution in [-0.2, 0) is 19.1 Å². The smallest absolute Gasteiger partial charge is 0.305 e. The van der Waals surface area contributed by atoms with Crippen LogP contribution >= 0.6 is 0 Å². The van der Waals surface area contributed by atoms with Gasteiger partial charge >= 0.3 is 11.9 Å². The van der Waals surface area contributed by atoms with E-state index in [0.717, 1.165) is 25.7 Å². The van der Waals surface area contributed by atoms with Gasteiger partial charge in [0.1, 0.15) is 0 Å². The fraction of sp³-hybridized carbons (Fsp3) is 0.949. The lowest BCUT2D eigenvalue weighted by Crippen LogP contribution is -2.18. The summed E-state index contributed by atoms with van der Waals surface area (Å²) in [5.41, 5.74) is 0. The third-order valence-electron chi connectivity index (χ3n) is 8.78. The summed E-state index contributed by atoms with van der Waals surface area (Å²) < 4.78 is 10.8. The Morgan fingerprint density at radius 2 is 0.581 bits per heavy atom. The van der Waals surface area contributed by atoms with Crippen molar-refractivity contribution in [2.75, 3.05) is 13.2 Å². The molecule has 0 aromatic carbocycles. The second kappa shape index (κ2) is 35.4. The van der Waals surface area contributed by atoms with E-state index in [0.29, 0.717) is 26.1 Å². The molecule has 1 unspecified atom stereocenters. The van der Waals surface area contributed by atoms with Crippen LogP contribution in [0.1, 0.15) is 220 Å². The van der Waals surface area contributed by atoms with Crippen molar-refractivity contribution >= 4 is 11.9 Å². The first-order chi connectivity index (χ1) is 21.1. The van der Waals surface area contributed by atoms with Gasteiger partial charge < -0.3 is 9.47 Å². The van der Waals surface area contributed by atoms with Gasteiger partial charge in [0.05, 0.1) is 13.2 Å². The first-order valence-electron chi connectivity index (χ1n) is 19.4. The molecule has 0 N–H and O–H groups in total. The van der Waals surface area contributed by atoms with Crippen LogP contribution in [-0.4, -0.2) is 25.2 Å². The number of hydrogen-bond donors (Lipinski definition) is 0. The molecule has 0 saturated carbocycles. The fourth-order valence-corrected chi connectivity index (χ4v) is 5.77. The van der Waals surface area contributed by atoms with Gasteiger partial charge in [-0.05, 0) is 12.8 Å². The molecule has 0 aliphatic rings. The maximum atomic E-state index is 12.0. The van der Waals surface area contributed by atoms with Crippen LogP contribution in [0.4, 0.5) is 0 Å². The number of rotatable bonds is 35. The van der Waals surface area contributed by atoms with Gasteiger partial charge in [0.2, 0.25) is 0 Å². The highest BCUT2D eigenvalue weighted by molar-refractivity contribution is 5.69. The minimum Gasteiger partial charge on any atom is -0.465 e. The van der Waals surface area contributed by atoms with Crippen molar-refractivity contribution < 1.29 is 19.1 Å². The number of carbonyl (C=O) groups is 2. The molecular weight excluding hydrogens is 532 g/mol. The maximum absolute atomic E-state index is 12.0. The van der Waals surface area contributed by atoms with Crippen LogP contribution in [0.5, 0.6) is 0 Å². The number of carbonyl (C=O) groups excluding carboxylic acids is 2. The molecule has 256 valence electrons. The van der Waals surface area contributed by atoms with E-state index in [1.807, 2.05) is 6.92 Å². The van der Waals surface area contributed by atoms with E-state index < -0.39 is 0 Å². The highest BCUT2D eigenvalue weighted by Crippen LogP contribution is 2.15. The van der Waals surface area contributed by atoms with Gasteiger partial charge in [0.15, 0.2) is 0 Å². The Balaban J connectivity index is 3.38. The summed E-state index contributed by atoms with van der Waals surface area (Å²) in [6.07, 6.45) is 39.2. The molecule has 0 heterocycles. The van der Waals surface area contributed by atoms with Crippen LogP contribution in [0.25, 0.3) is 0 Å². The van der Waals surface area contributed by atoms with Crippen molar-refractivity contribution in [3.63, 3.8) is 0 Å². The molecule has 43 heavy (non-hydrogen) atoms. The molecule has 0 aromatic heterocycles. The molecule has 0 amide bonds. The van der Waals surface area contributed by atoms with Crippen molar-refractivity contribution in [3.05, 3.63) is 0 Å². The molecule has 0 saturated heterocycles. The molecule has 0 spiro atoms. The number of hydrogen-bond acceptors (Lipinski definition) is 4. The standard InChI is InChI=1S/C39H76O4/c1-4-6-8-10-12-14-16-18-20-22-24-26-28-30-32-34-39(41)43-36-37(3)35-42-38(40)33-31-29-27-25-23-21-19-17-15-13-11-9-7-5-2/h37H,4-36H2,1-3H3. The van der Waals surface area contributed by atoms with E-state index in [1.54, 1.807) is 0 Å². The van der Waals surface area contributed by atoms with Crippen molar-refractivity contribution in [1.29, 1.82) is 0 Å². The number of ether oxygens (including phenoxy) is 2. The molecule has 4 heteroatoms. The Morgan fingerprint density at radius 1 is 0.372 bits per heavy atom. The average Bonchev–Trinajstić information content (AvgIpc) is 3.01. The first kappa shape index (κ1) is 41.9. The van der Waals surface area contributed by atoms with Gasteiger partial charge in [-0.15, -0.1) is 0 Å². The normalized spacial score (nSPS) is 12.0. The highest BCUT2D eigenvalue weighted by Gasteiger charge is 2.11. The largest absolute Gasteiger partial charge is 0.465 e. The van der Waals surface area contributed by atoms with Crippen molar-refractivity contribution in [2.45, 2.75) is 220 Å². The number of esters is 2. The van der Waals surface area contributed by atoms with Gasteiger partial charge in [-0.1, -0.05) is 194 Å². The minimum atomic E-state index is -0.116. The molecule has 0 bridgehead atoms. The summed E-state index contributed by atoms with van der Waals surface area (Å²) in [7, 11) is 0. The summed E-state index contributed by atoms with van der Waals surface area (Å²) in [4.78, 5) is 24.1. The second-order valence-corrected chi connectivity index (χ2v) is 13.5. The molecule has 0 aliphatic carbocycles. The molecule has 1 atom stereocenters. The maximum Gasteiger partial charge on any atom is 0.305 e. The SMILES string of the molecule is CCCCCCCCCCCCCCCCCC(=O)OCC(C)COC(=O)CCCCCCCCCCCCCCCC. The molecule has 0 aromatic rings. The van der Waals surface area contributed by atoms with Gasteiger partial charge in [0, 0.05) is 18.8 Å². The van der Waals surface area contributed by atoms with Crippen LogP contribution in [0.15, 0.2) is 0 Å². The van der Waals surface area contributed by atoms with Crippen molar-refractivity contribution in [1.82, 2.24) is 0 Å². The summed E-state index contributed by atoms with van der Waals surface area (Å²) in [6, 6.07) is 0. The van der Waals surface area contributed by atoms with Gasteiger partial charge in [-0.3, -0.25) is 9.59 Å². The van der Waals surface area contributed by atoms with Crippen LogP contribution in [0, 0.1) is 5.92 Å². The first-order valence-corrected chi connectivity index (χ1v) is 19.4. The van der Waals surface area contributed by atoms with Gasteiger partial charge in [-0.2, -0.15) is 0 Å². The zero-order chi connectivity index (χ0) is 31.5. The van der Waals surface area contributed by atoms with E-state index in [9.17, 15) is 9.59 Å². The summed E-state index contributed by atoms with van der Waals surface area (Å²) in [5.74, 6) is -0.185. The monoisotopic (exact) mass is 609 g/mol. The Hall–Kier alpha value is -1.06. The van der Waals surface area contributed by atoms with E-state index in [4.69, 9.17) is 9.47 Å². The van der Waals surface area contributed by atoms with Crippen LogP contribution in [0.3, 0.4) is 0 Å². The van der Waals surface area contributed by atoms with Gasteiger partial charge in [0.25, 0.3) is 0 Å². The van der Waals surface area contributed by atoms with E-state index in [1.165, 1.54) is 161 Å². The van der Waals surface area contributed by atoms with Gasteiger partial charge in [-0.25, -0.2) is 0 Å². The van der Waals surface area contributed by atoms with E-state index in [-0.39, 0.29) is 17.9 Å². The highest BCUT2D eigenvalue weighted by atomic mass is 16.5. The zero-order valence-electron chi connectivity index (χ0n) is 29.5. The Morgan fingerprint density at radius 3 is 0.814 bits per heavy atom. The second-order valence-electron chi connectivity index (χ2n) is 13.5. The lowest BCUT2D eigenvalue weighted by atomic mass is 10.0. The molecule has 0 rings (SSSR count). The average molecular weight is 609 g/mol. The topological polar surface area (TPSA) is 52.6 Å². The Labute approximate surface area is 269 Å². The van der Waals surface area contributed by atoms with Crippen LogP contribution < -0.4 is 0 Å². The Bertz CT molecular complexity index is 576. The molecule has 0 radical (unpaired) electrons. The van der Waals surface area contributed by atoms with Crippen molar-refractivity contribution in [2.24, 2.45) is 5.92 Å². The fourth-order valence-electron chi connectivity index (χ4n) is 5.77. The predicted octanol–water partition coefficient (Wildman–Crippen LogP) is 12.8. The third-order valence-corrected chi connectivity index (χ3v) is 8.78. The summed E-state index contributed by atoms with van der Waals surface area (Å²) in [6.45, 7) is 7.20. The van der Waals surface area contributed by atoms with Crippen molar-refractivity contribution in [3.8, 4) is 0 Å². The quantitative estimate of drug-likeness (QED) is 0.0530. The zero-order valence-corrected chi connectivity index (χ0v) is 29.5. The predicted molar refractivity (Wildman–Crippen MR) is 186 cm³/mol. The molecule has 0 aliphatic heterocycles. The number of unbranched alkanes of at least 4 members (excludes halogenated alkanes) is 27.